The summed E-state index contributed by atoms with van der Waals surface area (Å²) in [4.78, 5) is 18.1. The first-order chi connectivity index (χ1) is 9.72. The average molecular weight is 292 g/mol. The standard InChI is InChI=1S/C14H16N2O3S/c17-10-4-3-7-16(8-10)13(18)9-20-14-15-11-5-1-2-6-12(11)19-14/h1-2,5-6,10,17H,3-4,7-9H2/t10-/m0/s1. The lowest BCUT2D eigenvalue weighted by molar-refractivity contribution is -0.131. The molecule has 0 saturated carbocycles. The first-order valence-electron chi connectivity index (χ1n) is 6.66. The van der Waals surface area contributed by atoms with Crippen molar-refractivity contribution in [2.24, 2.45) is 0 Å². The summed E-state index contributed by atoms with van der Waals surface area (Å²) in [5.74, 6) is 0.315. The number of amides is 1. The molecule has 0 unspecified atom stereocenters. The van der Waals surface area contributed by atoms with Crippen LogP contribution < -0.4 is 0 Å². The van der Waals surface area contributed by atoms with Gasteiger partial charge in [-0.05, 0) is 25.0 Å². The van der Waals surface area contributed by atoms with Crippen LogP contribution in [-0.2, 0) is 4.79 Å². The fourth-order valence-corrected chi connectivity index (χ4v) is 3.05. The van der Waals surface area contributed by atoms with E-state index < -0.39 is 0 Å². The van der Waals surface area contributed by atoms with Crippen molar-refractivity contribution < 1.29 is 14.3 Å². The summed E-state index contributed by atoms with van der Waals surface area (Å²) in [5.41, 5.74) is 1.53. The zero-order valence-electron chi connectivity index (χ0n) is 11.0. The molecule has 0 spiro atoms. The van der Waals surface area contributed by atoms with Gasteiger partial charge in [0.1, 0.15) is 5.52 Å². The molecule has 3 rings (SSSR count). The number of thioether (sulfide) groups is 1. The molecule has 20 heavy (non-hydrogen) atoms. The van der Waals surface area contributed by atoms with Crippen LogP contribution in [0.3, 0.4) is 0 Å². The number of hydrogen-bond donors (Lipinski definition) is 1. The second-order valence-corrected chi connectivity index (χ2v) is 5.80. The van der Waals surface area contributed by atoms with Crippen LogP contribution in [0.1, 0.15) is 12.8 Å². The molecule has 2 heterocycles. The molecule has 1 aliphatic heterocycles. The number of aliphatic hydroxyl groups is 1. The maximum Gasteiger partial charge on any atom is 0.257 e. The highest BCUT2D eigenvalue weighted by atomic mass is 32.2. The summed E-state index contributed by atoms with van der Waals surface area (Å²) in [6.07, 6.45) is 1.25. The number of nitrogens with zero attached hydrogens (tertiary/aromatic N) is 2. The third kappa shape index (κ3) is 2.96. The Kier molecular flexibility index (Phi) is 3.93. The molecule has 5 nitrogen and oxygen atoms in total. The quantitative estimate of drug-likeness (QED) is 0.875. The van der Waals surface area contributed by atoms with Crippen LogP contribution in [0.5, 0.6) is 0 Å². The topological polar surface area (TPSA) is 66.6 Å². The van der Waals surface area contributed by atoms with Gasteiger partial charge in [-0.2, -0.15) is 0 Å². The molecule has 0 radical (unpaired) electrons. The summed E-state index contributed by atoms with van der Waals surface area (Å²) >= 11 is 1.30. The van der Waals surface area contributed by atoms with Crippen LogP contribution in [0.2, 0.25) is 0 Å². The van der Waals surface area contributed by atoms with Crippen molar-refractivity contribution >= 4 is 28.8 Å². The smallest absolute Gasteiger partial charge is 0.257 e. The van der Waals surface area contributed by atoms with Gasteiger partial charge in [-0.3, -0.25) is 4.79 Å². The summed E-state index contributed by atoms with van der Waals surface area (Å²) in [5, 5.41) is 10.1. The lowest BCUT2D eigenvalue weighted by Crippen LogP contribution is -2.42. The molecule has 1 atom stereocenters. The number of rotatable bonds is 3. The third-order valence-electron chi connectivity index (χ3n) is 3.34. The minimum atomic E-state index is -0.387. The van der Waals surface area contributed by atoms with E-state index in [1.54, 1.807) is 4.90 Å². The number of hydrogen-bond acceptors (Lipinski definition) is 5. The summed E-state index contributed by atoms with van der Waals surface area (Å²) in [6, 6.07) is 7.53. The number of oxazole rings is 1. The number of aliphatic hydroxyl groups excluding tert-OH is 1. The van der Waals surface area contributed by atoms with E-state index in [0.717, 1.165) is 30.5 Å². The minimum Gasteiger partial charge on any atom is -0.431 e. The van der Waals surface area contributed by atoms with E-state index >= 15 is 0 Å². The Hall–Kier alpha value is -1.53. The first kappa shape index (κ1) is 13.5. The number of piperidine rings is 1. The third-order valence-corrected chi connectivity index (χ3v) is 4.16. The molecule has 1 N–H and O–H groups in total. The molecular weight excluding hydrogens is 276 g/mol. The molecule has 1 aromatic carbocycles. The van der Waals surface area contributed by atoms with E-state index in [1.807, 2.05) is 24.3 Å². The van der Waals surface area contributed by atoms with Crippen molar-refractivity contribution in [2.75, 3.05) is 18.8 Å². The molecule has 1 aromatic heterocycles. The van der Waals surface area contributed by atoms with E-state index in [4.69, 9.17) is 4.42 Å². The highest BCUT2D eigenvalue weighted by Crippen LogP contribution is 2.23. The molecular formula is C14H16N2O3S. The second-order valence-electron chi connectivity index (χ2n) is 4.87. The molecule has 106 valence electrons. The Labute approximate surface area is 121 Å². The van der Waals surface area contributed by atoms with Gasteiger partial charge < -0.3 is 14.4 Å². The zero-order valence-corrected chi connectivity index (χ0v) is 11.8. The fraction of sp³-hybridized carbons (Fsp3) is 0.429. The van der Waals surface area contributed by atoms with E-state index in [-0.39, 0.29) is 12.0 Å². The number of carbonyl (C=O) groups is 1. The first-order valence-corrected chi connectivity index (χ1v) is 7.65. The largest absolute Gasteiger partial charge is 0.431 e. The minimum absolute atomic E-state index is 0.0241. The molecule has 1 aliphatic rings. The van der Waals surface area contributed by atoms with Crippen molar-refractivity contribution in [3.05, 3.63) is 24.3 Å². The van der Waals surface area contributed by atoms with Crippen molar-refractivity contribution in [3.63, 3.8) is 0 Å². The van der Waals surface area contributed by atoms with E-state index in [9.17, 15) is 9.90 Å². The van der Waals surface area contributed by atoms with Gasteiger partial charge in [0.05, 0.1) is 11.9 Å². The molecule has 2 aromatic rings. The zero-order chi connectivity index (χ0) is 13.9. The van der Waals surface area contributed by atoms with Crippen LogP contribution in [0.15, 0.2) is 33.9 Å². The highest BCUT2D eigenvalue weighted by Gasteiger charge is 2.22. The number of fused-ring (bicyclic) bond motifs is 1. The van der Waals surface area contributed by atoms with E-state index in [2.05, 4.69) is 4.98 Å². The van der Waals surface area contributed by atoms with Gasteiger partial charge in [-0.15, -0.1) is 0 Å². The second kappa shape index (κ2) is 5.85. The van der Waals surface area contributed by atoms with Crippen LogP contribution in [-0.4, -0.2) is 45.8 Å². The van der Waals surface area contributed by atoms with Gasteiger partial charge in [-0.25, -0.2) is 4.98 Å². The lowest BCUT2D eigenvalue weighted by Gasteiger charge is -2.29. The van der Waals surface area contributed by atoms with Crippen molar-refractivity contribution in [1.29, 1.82) is 0 Å². The predicted octanol–water partition coefficient (Wildman–Crippen LogP) is 1.90. The Balaban J connectivity index is 1.59. The van der Waals surface area contributed by atoms with Crippen LogP contribution >= 0.6 is 11.8 Å². The molecule has 6 heteroatoms. The van der Waals surface area contributed by atoms with Crippen molar-refractivity contribution in [1.82, 2.24) is 9.88 Å². The maximum absolute atomic E-state index is 12.1. The van der Waals surface area contributed by atoms with Gasteiger partial charge in [0.15, 0.2) is 5.58 Å². The van der Waals surface area contributed by atoms with Gasteiger partial charge in [-0.1, -0.05) is 23.9 Å². The number of para-hydroxylation sites is 2. The van der Waals surface area contributed by atoms with Crippen molar-refractivity contribution in [3.8, 4) is 0 Å². The monoisotopic (exact) mass is 292 g/mol. The summed E-state index contributed by atoms with van der Waals surface area (Å²) in [7, 11) is 0. The molecule has 1 fully saturated rings. The van der Waals surface area contributed by atoms with Crippen molar-refractivity contribution in [2.45, 2.75) is 24.2 Å². The number of aromatic nitrogens is 1. The van der Waals surface area contributed by atoms with Gasteiger partial charge in [0.25, 0.3) is 5.22 Å². The van der Waals surface area contributed by atoms with E-state index in [0.29, 0.717) is 17.5 Å². The fourth-order valence-electron chi connectivity index (χ4n) is 2.31. The molecule has 0 bridgehead atoms. The van der Waals surface area contributed by atoms with Crippen LogP contribution in [0.4, 0.5) is 0 Å². The predicted molar refractivity (Wildman–Crippen MR) is 76.6 cm³/mol. The number of carbonyl (C=O) groups excluding carboxylic acids is 1. The van der Waals surface area contributed by atoms with Crippen LogP contribution in [0.25, 0.3) is 11.1 Å². The molecule has 1 saturated heterocycles. The Morgan fingerprint density at radius 1 is 1.50 bits per heavy atom. The Bertz CT molecular complexity index is 580. The Morgan fingerprint density at radius 3 is 3.15 bits per heavy atom. The number of benzene rings is 1. The maximum atomic E-state index is 12.1. The highest BCUT2D eigenvalue weighted by molar-refractivity contribution is 7.99. The van der Waals surface area contributed by atoms with Gasteiger partial charge in [0.2, 0.25) is 5.91 Å². The summed E-state index contributed by atoms with van der Waals surface area (Å²) < 4.78 is 5.56. The summed E-state index contributed by atoms with van der Waals surface area (Å²) in [6.45, 7) is 1.16. The van der Waals surface area contributed by atoms with Gasteiger partial charge >= 0.3 is 0 Å². The average Bonchev–Trinajstić information content (AvgIpc) is 2.87. The Morgan fingerprint density at radius 2 is 2.35 bits per heavy atom. The molecule has 1 amide bonds. The molecule has 0 aliphatic carbocycles. The van der Waals surface area contributed by atoms with Crippen LogP contribution in [0, 0.1) is 0 Å². The normalized spacial score (nSPS) is 19.4. The number of likely N-dealkylation sites (tertiary alicyclic amines) is 1. The SMILES string of the molecule is O=C(CSc1nc2ccccc2o1)N1CCC[C@H](O)C1. The number of β-amino-alcohol motifs (C(OH)–C–C–N with tert-alkyl or cyclic N) is 1. The lowest BCUT2D eigenvalue weighted by atomic mass is 10.1. The van der Waals surface area contributed by atoms with E-state index in [1.165, 1.54) is 11.8 Å². The van der Waals surface area contributed by atoms with Gasteiger partial charge in [0, 0.05) is 13.1 Å².